The Kier molecular flexibility index (Phi) is 5.87. The van der Waals surface area contributed by atoms with Crippen LogP contribution < -0.4 is 0 Å². The fraction of sp³-hybridized carbons (Fsp3) is 0.389. The number of nitrogens with zero attached hydrogens (tertiary/aromatic N) is 2. The lowest BCUT2D eigenvalue weighted by molar-refractivity contribution is -0.132. The van der Waals surface area contributed by atoms with Gasteiger partial charge in [0.05, 0.1) is 0 Å². The van der Waals surface area contributed by atoms with Crippen LogP contribution in [0.5, 0.6) is 0 Å². The van der Waals surface area contributed by atoms with Crippen LogP contribution >= 0.6 is 22.9 Å². The normalized spacial score (nSPS) is 15.7. The number of rotatable bonds is 5. The van der Waals surface area contributed by atoms with E-state index in [0.717, 1.165) is 38.2 Å². The molecule has 1 saturated heterocycles. The fourth-order valence-electron chi connectivity index (χ4n) is 2.89. The average Bonchev–Trinajstić information content (AvgIpc) is 3.09. The van der Waals surface area contributed by atoms with Crippen molar-refractivity contribution in [3.63, 3.8) is 0 Å². The monoisotopic (exact) mass is 366 g/mol. The number of carbonyl (C=O) groups excluding carboxylic acids is 1. The van der Waals surface area contributed by atoms with Crippen molar-refractivity contribution in [3.8, 4) is 0 Å². The number of hydrogen-bond donors (Lipinski definition) is 0. The summed E-state index contributed by atoms with van der Waals surface area (Å²) in [5.41, 5.74) is 0.926. The number of hydrogen-bond acceptors (Lipinski definition) is 3. The standard InChI is InChI=1S/C18H20ClFN2OS/c19-17-12-15(20)4-3-14(17)13-21-7-9-22(10-8-21)18(23)6-5-16-2-1-11-24-16/h1-4,11-12H,5-10,13H2. The lowest BCUT2D eigenvalue weighted by atomic mass is 10.2. The van der Waals surface area contributed by atoms with Crippen molar-refractivity contribution in [3.05, 3.63) is 57.0 Å². The lowest BCUT2D eigenvalue weighted by Gasteiger charge is -2.35. The fourth-order valence-corrected chi connectivity index (χ4v) is 3.83. The Morgan fingerprint density at radius 3 is 2.67 bits per heavy atom. The van der Waals surface area contributed by atoms with Crippen LogP contribution in [0, 0.1) is 5.82 Å². The topological polar surface area (TPSA) is 23.6 Å². The van der Waals surface area contributed by atoms with Crippen LogP contribution in [-0.4, -0.2) is 41.9 Å². The number of thiophene rings is 1. The summed E-state index contributed by atoms with van der Waals surface area (Å²) in [7, 11) is 0. The third kappa shape index (κ3) is 4.56. The molecular formula is C18H20ClFN2OS. The van der Waals surface area contributed by atoms with E-state index in [-0.39, 0.29) is 11.7 Å². The molecule has 2 heterocycles. The molecule has 3 rings (SSSR count). The molecule has 1 aliphatic heterocycles. The predicted molar refractivity (Wildman–Crippen MR) is 95.9 cm³/mol. The molecule has 0 radical (unpaired) electrons. The Balaban J connectivity index is 1.45. The average molecular weight is 367 g/mol. The first kappa shape index (κ1) is 17.4. The minimum absolute atomic E-state index is 0.225. The number of halogens is 2. The van der Waals surface area contributed by atoms with Crippen molar-refractivity contribution in [1.82, 2.24) is 9.80 Å². The van der Waals surface area contributed by atoms with Crippen molar-refractivity contribution in [1.29, 1.82) is 0 Å². The quantitative estimate of drug-likeness (QED) is 0.803. The van der Waals surface area contributed by atoms with Crippen molar-refractivity contribution < 1.29 is 9.18 Å². The molecule has 0 saturated carbocycles. The molecule has 0 atom stereocenters. The van der Waals surface area contributed by atoms with Gasteiger partial charge in [-0.2, -0.15) is 0 Å². The Morgan fingerprint density at radius 2 is 2.00 bits per heavy atom. The van der Waals surface area contributed by atoms with E-state index in [0.29, 0.717) is 18.0 Å². The first-order valence-corrected chi connectivity index (χ1v) is 9.34. The number of amides is 1. The first-order valence-electron chi connectivity index (χ1n) is 8.08. The Morgan fingerprint density at radius 1 is 1.21 bits per heavy atom. The van der Waals surface area contributed by atoms with Gasteiger partial charge in [0.15, 0.2) is 0 Å². The Labute approximate surface area is 150 Å². The molecule has 3 nitrogen and oxygen atoms in total. The summed E-state index contributed by atoms with van der Waals surface area (Å²) in [4.78, 5) is 17.7. The third-order valence-electron chi connectivity index (χ3n) is 4.30. The summed E-state index contributed by atoms with van der Waals surface area (Å²) in [5, 5.41) is 2.50. The van der Waals surface area contributed by atoms with Crippen LogP contribution in [0.4, 0.5) is 4.39 Å². The smallest absolute Gasteiger partial charge is 0.223 e. The summed E-state index contributed by atoms with van der Waals surface area (Å²) < 4.78 is 13.1. The zero-order valence-electron chi connectivity index (χ0n) is 13.4. The molecule has 128 valence electrons. The van der Waals surface area contributed by atoms with Crippen LogP contribution in [0.2, 0.25) is 5.02 Å². The van der Waals surface area contributed by atoms with Gasteiger partial charge in [0.25, 0.3) is 0 Å². The predicted octanol–water partition coefficient (Wildman–Crippen LogP) is 3.82. The molecule has 0 bridgehead atoms. The van der Waals surface area contributed by atoms with Gasteiger partial charge in [-0.3, -0.25) is 9.69 Å². The highest BCUT2D eigenvalue weighted by Gasteiger charge is 2.21. The van der Waals surface area contributed by atoms with E-state index < -0.39 is 0 Å². The summed E-state index contributed by atoms with van der Waals surface area (Å²) in [5.74, 6) is -0.0900. The number of aryl methyl sites for hydroxylation is 1. The second kappa shape index (κ2) is 8.10. The molecule has 0 unspecified atom stereocenters. The molecule has 1 aromatic heterocycles. The molecule has 1 aromatic carbocycles. The van der Waals surface area contributed by atoms with E-state index in [1.54, 1.807) is 17.4 Å². The van der Waals surface area contributed by atoms with Gasteiger partial charge in [-0.05, 0) is 35.6 Å². The largest absolute Gasteiger partial charge is 0.340 e. The summed E-state index contributed by atoms with van der Waals surface area (Å²) >= 11 is 7.79. The molecule has 6 heteroatoms. The Hall–Kier alpha value is -1.43. The van der Waals surface area contributed by atoms with Crippen LogP contribution in [-0.2, 0) is 17.8 Å². The van der Waals surface area contributed by atoms with E-state index in [9.17, 15) is 9.18 Å². The number of carbonyl (C=O) groups is 1. The summed E-state index contributed by atoms with van der Waals surface area (Å²) in [6.45, 7) is 3.80. The van der Waals surface area contributed by atoms with Gasteiger partial charge >= 0.3 is 0 Å². The zero-order chi connectivity index (χ0) is 16.9. The van der Waals surface area contributed by atoms with E-state index in [1.165, 1.54) is 17.0 Å². The minimum Gasteiger partial charge on any atom is -0.340 e. The SMILES string of the molecule is O=C(CCc1cccs1)N1CCN(Cc2ccc(F)cc2Cl)CC1. The lowest BCUT2D eigenvalue weighted by Crippen LogP contribution is -2.48. The molecule has 1 amide bonds. The van der Waals surface area contributed by atoms with E-state index in [4.69, 9.17) is 11.6 Å². The second-order valence-electron chi connectivity index (χ2n) is 5.97. The third-order valence-corrected chi connectivity index (χ3v) is 5.59. The molecular weight excluding hydrogens is 347 g/mol. The van der Waals surface area contributed by atoms with Crippen LogP contribution in [0.15, 0.2) is 35.7 Å². The maximum absolute atomic E-state index is 13.1. The van der Waals surface area contributed by atoms with Crippen LogP contribution in [0.1, 0.15) is 16.9 Å². The first-order chi connectivity index (χ1) is 11.6. The van der Waals surface area contributed by atoms with Crippen molar-refractivity contribution in [2.75, 3.05) is 26.2 Å². The molecule has 2 aromatic rings. The number of piperazine rings is 1. The molecule has 24 heavy (non-hydrogen) atoms. The van der Waals surface area contributed by atoms with Crippen molar-refractivity contribution in [2.45, 2.75) is 19.4 Å². The van der Waals surface area contributed by atoms with Crippen LogP contribution in [0.25, 0.3) is 0 Å². The van der Waals surface area contributed by atoms with Crippen molar-refractivity contribution in [2.24, 2.45) is 0 Å². The van der Waals surface area contributed by atoms with Gasteiger partial charge < -0.3 is 4.90 Å². The number of benzene rings is 1. The van der Waals surface area contributed by atoms with Gasteiger partial charge in [-0.25, -0.2) is 4.39 Å². The highest BCUT2D eigenvalue weighted by molar-refractivity contribution is 7.09. The van der Waals surface area contributed by atoms with Gasteiger partial charge in [0, 0.05) is 49.0 Å². The van der Waals surface area contributed by atoms with Gasteiger partial charge in [0.2, 0.25) is 5.91 Å². The minimum atomic E-state index is -0.315. The highest BCUT2D eigenvalue weighted by atomic mass is 35.5. The zero-order valence-corrected chi connectivity index (χ0v) is 15.0. The van der Waals surface area contributed by atoms with Gasteiger partial charge in [0.1, 0.15) is 5.82 Å². The van der Waals surface area contributed by atoms with E-state index in [2.05, 4.69) is 11.0 Å². The summed E-state index contributed by atoms with van der Waals surface area (Å²) in [6, 6.07) is 8.61. The molecule has 1 fully saturated rings. The van der Waals surface area contributed by atoms with Gasteiger partial charge in [-0.15, -0.1) is 11.3 Å². The summed E-state index contributed by atoms with van der Waals surface area (Å²) in [6.07, 6.45) is 1.40. The second-order valence-corrected chi connectivity index (χ2v) is 7.41. The maximum Gasteiger partial charge on any atom is 0.223 e. The molecule has 0 spiro atoms. The van der Waals surface area contributed by atoms with E-state index in [1.807, 2.05) is 16.3 Å². The molecule has 0 aliphatic carbocycles. The molecule has 0 N–H and O–H groups in total. The maximum atomic E-state index is 13.1. The molecule has 1 aliphatic rings. The van der Waals surface area contributed by atoms with Crippen LogP contribution in [0.3, 0.4) is 0 Å². The highest BCUT2D eigenvalue weighted by Crippen LogP contribution is 2.20. The van der Waals surface area contributed by atoms with E-state index >= 15 is 0 Å². The van der Waals surface area contributed by atoms with Gasteiger partial charge in [-0.1, -0.05) is 23.7 Å². The Bertz CT molecular complexity index is 684. The van der Waals surface area contributed by atoms with Crippen molar-refractivity contribution >= 4 is 28.8 Å².